The summed E-state index contributed by atoms with van der Waals surface area (Å²) in [5.41, 5.74) is 3.54. The number of hydrogen-bond donors (Lipinski definition) is 4. The molecule has 0 radical (unpaired) electrons. The minimum Gasteiger partial charge on any atom is -0.376 e. The smallest absolute Gasteiger partial charge is 0.251 e. The summed E-state index contributed by atoms with van der Waals surface area (Å²) in [6, 6.07) is 23.9. The number of nitrogens with one attached hydrogen (secondary N) is 4. The summed E-state index contributed by atoms with van der Waals surface area (Å²) in [6.07, 6.45) is 2.99. The molecule has 0 unspecified atom stereocenters. The summed E-state index contributed by atoms with van der Waals surface area (Å²) in [5, 5.41) is 11.6. The second kappa shape index (κ2) is 13.5. The van der Waals surface area contributed by atoms with Gasteiger partial charge in [0.15, 0.2) is 0 Å². The van der Waals surface area contributed by atoms with Crippen LogP contribution in [0.4, 0.5) is 17.1 Å². The van der Waals surface area contributed by atoms with E-state index in [1.807, 2.05) is 36.4 Å². The maximum Gasteiger partial charge on any atom is 0.251 e. The molecular formula is C28H32N4O3. The Morgan fingerprint density at radius 1 is 0.743 bits per heavy atom. The van der Waals surface area contributed by atoms with E-state index >= 15 is 0 Å². The van der Waals surface area contributed by atoms with Gasteiger partial charge in [-0.2, -0.15) is 0 Å². The summed E-state index contributed by atoms with van der Waals surface area (Å²) >= 11 is 0. The average molecular weight is 473 g/mol. The standard InChI is InChI=1S/C28H32N4O3/c1-2-3-17-29-28(35)22-11-7-12-23(18-22)30-20-27(34)32-25-14-8-13-24(19-25)31-26(33)16-15-21-9-5-4-6-10-21/h4-14,18-19,30H,2-3,15-17,20H2,1H3,(H,29,35)(H,31,33)(H,32,34). The zero-order valence-corrected chi connectivity index (χ0v) is 20.0. The number of benzene rings is 3. The van der Waals surface area contributed by atoms with Crippen molar-refractivity contribution in [2.45, 2.75) is 32.6 Å². The van der Waals surface area contributed by atoms with Gasteiger partial charge in [0.1, 0.15) is 0 Å². The molecule has 4 N–H and O–H groups in total. The molecule has 0 aliphatic carbocycles. The number of hydrogen-bond acceptors (Lipinski definition) is 4. The van der Waals surface area contributed by atoms with Crippen LogP contribution in [0.5, 0.6) is 0 Å². The molecule has 0 aliphatic rings. The highest BCUT2D eigenvalue weighted by Gasteiger charge is 2.08. The van der Waals surface area contributed by atoms with E-state index in [9.17, 15) is 14.4 Å². The van der Waals surface area contributed by atoms with Crippen LogP contribution in [0.15, 0.2) is 78.9 Å². The summed E-state index contributed by atoms with van der Waals surface area (Å²) < 4.78 is 0. The van der Waals surface area contributed by atoms with Crippen LogP contribution < -0.4 is 21.3 Å². The minimum absolute atomic E-state index is 0.0363. The fraction of sp³-hybridized carbons (Fsp3) is 0.250. The van der Waals surface area contributed by atoms with Crippen LogP contribution in [0.1, 0.15) is 42.1 Å². The molecule has 0 spiro atoms. The number of carbonyl (C=O) groups is 3. The summed E-state index contributed by atoms with van der Waals surface area (Å²) in [6.45, 7) is 2.75. The highest BCUT2D eigenvalue weighted by molar-refractivity contribution is 5.97. The quantitative estimate of drug-likeness (QED) is 0.284. The third kappa shape index (κ3) is 8.97. The Balaban J connectivity index is 1.46. The molecule has 0 aliphatic heterocycles. The molecule has 7 nitrogen and oxygen atoms in total. The molecule has 3 aromatic rings. The third-order valence-corrected chi connectivity index (χ3v) is 5.31. The van der Waals surface area contributed by atoms with Crippen molar-refractivity contribution in [2.75, 3.05) is 29.0 Å². The molecule has 3 aromatic carbocycles. The molecular weight excluding hydrogens is 440 g/mol. The first kappa shape index (κ1) is 25.5. The molecule has 0 saturated carbocycles. The van der Waals surface area contributed by atoms with Crippen molar-refractivity contribution in [1.82, 2.24) is 5.32 Å². The SMILES string of the molecule is CCCCNC(=O)c1cccc(NCC(=O)Nc2cccc(NC(=O)CCc3ccccc3)c2)c1. The molecule has 0 bridgehead atoms. The molecule has 0 aromatic heterocycles. The van der Waals surface area contributed by atoms with Crippen LogP contribution >= 0.6 is 0 Å². The molecule has 182 valence electrons. The zero-order chi connectivity index (χ0) is 24.9. The lowest BCUT2D eigenvalue weighted by molar-refractivity contribution is -0.116. The van der Waals surface area contributed by atoms with Gasteiger partial charge in [-0.15, -0.1) is 0 Å². The highest BCUT2D eigenvalue weighted by Crippen LogP contribution is 2.16. The Hall–Kier alpha value is -4.13. The van der Waals surface area contributed by atoms with Crippen molar-refractivity contribution in [3.05, 3.63) is 90.0 Å². The average Bonchev–Trinajstić information content (AvgIpc) is 2.87. The molecule has 0 saturated heterocycles. The lowest BCUT2D eigenvalue weighted by Gasteiger charge is -2.11. The molecule has 0 heterocycles. The second-order valence-electron chi connectivity index (χ2n) is 8.21. The predicted octanol–water partition coefficient (Wildman–Crippen LogP) is 4.84. The Kier molecular flexibility index (Phi) is 9.87. The Morgan fingerprint density at radius 3 is 2.17 bits per heavy atom. The number of amides is 3. The van der Waals surface area contributed by atoms with Crippen LogP contribution in [-0.2, 0) is 16.0 Å². The van der Waals surface area contributed by atoms with Crippen LogP contribution in [0.2, 0.25) is 0 Å². The fourth-order valence-corrected chi connectivity index (χ4v) is 3.44. The highest BCUT2D eigenvalue weighted by atomic mass is 16.2. The monoisotopic (exact) mass is 472 g/mol. The van der Waals surface area contributed by atoms with E-state index in [0.29, 0.717) is 42.0 Å². The molecule has 0 fully saturated rings. The van der Waals surface area contributed by atoms with Gasteiger partial charge >= 0.3 is 0 Å². The van der Waals surface area contributed by atoms with E-state index in [1.54, 1.807) is 42.5 Å². The van der Waals surface area contributed by atoms with Crippen molar-refractivity contribution in [3.63, 3.8) is 0 Å². The first-order chi connectivity index (χ1) is 17.0. The number of carbonyl (C=O) groups excluding carboxylic acids is 3. The van der Waals surface area contributed by atoms with E-state index < -0.39 is 0 Å². The van der Waals surface area contributed by atoms with Gasteiger partial charge in [-0.3, -0.25) is 14.4 Å². The Bertz CT molecular complexity index is 1130. The minimum atomic E-state index is -0.240. The van der Waals surface area contributed by atoms with Crippen molar-refractivity contribution in [1.29, 1.82) is 0 Å². The van der Waals surface area contributed by atoms with Gasteiger partial charge in [-0.05, 0) is 54.8 Å². The lowest BCUT2D eigenvalue weighted by Crippen LogP contribution is -2.25. The number of aryl methyl sites for hydroxylation is 1. The van der Waals surface area contributed by atoms with E-state index in [-0.39, 0.29) is 24.3 Å². The number of unbranched alkanes of at least 4 members (excludes halogenated alkanes) is 1. The van der Waals surface area contributed by atoms with Crippen LogP contribution in [-0.4, -0.2) is 30.8 Å². The van der Waals surface area contributed by atoms with E-state index in [0.717, 1.165) is 18.4 Å². The van der Waals surface area contributed by atoms with Gasteiger partial charge in [-0.25, -0.2) is 0 Å². The number of rotatable bonds is 12. The topological polar surface area (TPSA) is 99.3 Å². The first-order valence-corrected chi connectivity index (χ1v) is 11.9. The van der Waals surface area contributed by atoms with Crippen LogP contribution in [0.3, 0.4) is 0 Å². The maximum atomic E-state index is 12.4. The first-order valence-electron chi connectivity index (χ1n) is 11.9. The maximum absolute atomic E-state index is 12.4. The van der Waals surface area contributed by atoms with Crippen LogP contribution in [0.25, 0.3) is 0 Å². The van der Waals surface area contributed by atoms with Gasteiger partial charge in [0.2, 0.25) is 11.8 Å². The van der Waals surface area contributed by atoms with Crippen molar-refractivity contribution in [3.8, 4) is 0 Å². The van der Waals surface area contributed by atoms with Gasteiger partial charge in [0.25, 0.3) is 5.91 Å². The molecule has 35 heavy (non-hydrogen) atoms. The molecule has 0 atom stereocenters. The fourth-order valence-electron chi connectivity index (χ4n) is 3.44. The van der Waals surface area contributed by atoms with Crippen molar-refractivity contribution >= 4 is 34.8 Å². The van der Waals surface area contributed by atoms with Crippen molar-refractivity contribution in [2.24, 2.45) is 0 Å². The molecule has 3 amide bonds. The van der Waals surface area contributed by atoms with E-state index in [4.69, 9.17) is 0 Å². The van der Waals surface area contributed by atoms with Gasteiger partial charge in [-0.1, -0.05) is 55.8 Å². The molecule has 3 rings (SSSR count). The summed E-state index contributed by atoms with van der Waals surface area (Å²) in [7, 11) is 0. The predicted molar refractivity (Wildman–Crippen MR) is 141 cm³/mol. The largest absolute Gasteiger partial charge is 0.376 e. The normalized spacial score (nSPS) is 10.3. The summed E-state index contributed by atoms with van der Waals surface area (Å²) in [4.78, 5) is 36.9. The number of anilines is 3. The summed E-state index contributed by atoms with van der Waals surface area (Å²) in [5.74, 6) is -0.456. The van der Waals surface area contributed by atoms with Gasteiger partial charge < -0.3 is 21.3 Å². The van der Waals surface area contributed by atoms with E-state index in [2.05, 4.69) is 28.2 Å². The van der Waals surface area contributed by atoms with Crippen molar-refractivity contribution < 1.29 is 14.4 Å². The van der Waals surface area contributed by atoms with Gasteiger partial charge in [0, 0.05) is 35.6 Å². The van der Waals surface area contributed by atoms with E-state index in [1.165, 1.54) is 0 Å². The lowest BCUT2D eigenvalue weighted by atomic mass is 10.1. The Labute approximate surface area is 206 Å². The molecule has 7 heteroatoms. The second-order valence-corrected chi connectivity index (χ2v) is 8.21. The zero-order valence-electron chi connectivity index (χ0n) is 20.0. The Morgan fingerprint density at radius 2 is 1.43 bits per heavy atom. The van der Waals surface area contributed by atoms with Crippen LogP contribution in [0, 0.1) is 0 Å². The third-order valence-electron chi connectivity index (χ3n) is 5.31. The van der Waals surface area contributed by atoms with Gasteiger partial charge in [0.05, 0.1) is 6.54 Å².